The molecule has 5 N–H and O–H groups in total. The zero-order valence-corrected chi connectivity index (χ0v) is 6.50. The second kappa shape index (κ2) is 3.51. The number of halogens is 1. The Morgan fingerprint density at radius 3 is 2.67 bits per heavy atom. The lowest BCUT2D eigenvalue weighted by molar-refractivity contribution is 0.466. The number of hydrogen-bond donors (Lipinski definition) is 3. The van der Waals surface area contributed by atoms with E-state index in [0.29, 0.717) is 5.56 Å². The Bertz CT molecular complexity index is 278. The van der Waals surface area contributed by atoms with Crippen molar-refractivity contribution < 1.29 is 9.50 Å². The number of phenolic OH excluding ortho intramolecular Hbond substituents is 1. The highest BCUT2D eigenvalue weighted by atomic mass is 19.1. The molecule has 0 aliphatic heterocycles. The van der Waals surface area contributed by atoms with Crippen LogP contribution in [0.25, 0.3) is 0 Å². The zero-order valence-electron chi connectivity index (χ0n) is 6.50. The van der Waals surface area contributed by atoms with E-state index in [4.69, 9.17) is 16.6 Å². The fourth-order valence-electron chi connectivity index (χ4n) is 0.944. The highest BCUT2D eigenvalue weighted by Gasteiger charge is 2.09. The van der Waals surface area contributed by atoms with Gasteiger partial charge in [0.05, 0.1) is 0 Å². The largest absolute Gasteiger partial charge is 0.508 e. The predicted octanol–water partition coefficient (Wildman–Crippen LogP) is 0.490. The first-order chi connectivity index (χ1) is 5.65. The van der Waals surface area contributed by atoms with Gasteiger partial charge < -0.3 is 16.6 Å². The average molecular weight is 170 g/mol. The quantitative estimate of drug-likeness (QED) is 0.604. The summed E-state index contributed by atoms with van der Waals surface area (Å²) in [7, 11) is 0. The standard InChI is InChI=1S/C8H11FN2O/c9-7-3-5(12)1-2-6(7)8(11)4-10/h1-3,8,12H,4,10-11H2. The van der Waals surface area contributed by atoms with Gasteiger partial charge in [-0.15, -0.1) is 0 Å². The van der Waals surface area contributed by atoms with Gasteiger partial charge in [-0.1, -0.05) is 6.07 Å². The predicted molar refractivity (Wildman–Crippen MR) is 44.0 cm³/mol. The van der Waals surface area contributed by atoms with Crippen LogP contribution in [0.3, 0.4) is 0 Å². The Hall–Kier alpha value is -1.13. The molecule has 0 aromatic heterocycles. The fourth-order valence-corrected chi connectivity index (χ4v) is 0.944. The molecule has 3 nitrogen and oxygen atoms in total. The minimum absolute atomic E-state index is 0.111. The number of phenols is 1. The maximum atomic E-state index is 13.0. The summed E-state index contributed by atoms with van der Waals surface area (Å²) in [5.41, 5.74) is 11.1. The van der Waals surface area contributed by atoms with Gasteiger partial charge in [-0.2, -0.15) is 0 Å². The van der Waals surface area contributed by atoms with E-state index < -0.39 is 11.9 Å². The summed E-state index contributed by atoms with van der Waals surface area (Å²) in [5.74, 6) is -0.631. The molecule has 4 heteroatoms. The lowest BCUT2D eigenvalue weighted by Crippen LogP contribution is -2.21. The van der Waals surface area contributed by atoms with Gasteiger partial charge in [-0.05, 0) is 6.07 Å². The summed E-state index contributed by atoms with van der Waals surface area (Å²) in [6, 6.07) is 3.33. The summed E-state index contributed by atoms with van der Waals surface area (Å²) in [6.07, 6.45) is 0. The van der Waals surface area contributed by atoms with Crippen molar-refractivity contribution in [1.82, 2.24) is 0 Å². The molecule has 12 heavy (non-hydrogen) atoms. The van der Waals surface area contributed by atoms with E-state index in [1.54, 1.807) is 0 Å². The molecule has 0 saturated carbocycles. The molecule has 0 bridgehead atoms. The second-order valence-corrected chi connectivity index (χ2v) is 2.55. The Balaban J connectivity index is 3.01. The number of benzene rings is 1. The maximum Gasteiger partial charge on any atom is 0.131 e. The summed E-state index contributed by atoms with van der Waals surface area (Å²) >= 11 is 0. The van der Waals surface area contributed by atoms with Crippen LogP contribution >= 0.6 is 0 Å². The molecule has 0 radical (unpaired) electrons. The highest BCUT2D eigenvalue weighted by molar-refractivity contribution is 5.29. The maximum absolute atomic E-state index is 13.0. The Kier molecular flexibility index (Phi) is 2.62. The van der Waals surface area contributed by atoms with E-state index in [1.165, 1.54) is 12.1 Å². The third kappa shape index (κ3) is 1.72. The van der Waals surface area contributed by atoms with Crippen molar-refractivity contribution in [3.63, 3.8) is 0 Å². The van der Waals surface area contributed by atoms with Crippen molar-refractivity contribution >= 4 is 0 Å². The van der Waals surface area contributed by atoms with Crippen LogP contribution in [0.15, 0.2) is 18.2 Å². The van der Waals surface area contributed by atoms with Gasteiger partial charge in [0.1, 0.15) is 11.6 Å². The third-order valence-corrected chi connectivity index (χ3v) is 1.64. The molecule has 0 spiro atoms. The molecule has 0 amide bonds. The first-order valence-electron chi connectivity index (χ1n) is 3.59. The molecule has 1 atom stereocenters. The average Bonchev–Trinajstić information content (AvgIpc) is 2.03. The third-order valence-electron chi connectivity index (χ3n) is 1.64. The number of hydrogen-bond acceptors (Lipinski definition) is 3. The molecule has 1 aromatic carbocycles. The summed E-state index contributed by atoms with van der Waals surface area (Å²) < 4.78 is 13.0. The van der Waals surface area contributed by atoms with Crippen LogP contribution in [0.2, 0.25) is 0 Å². The number of rotatable bonds is 2. The minimum Gasteiger partial charge on any atom is -0.508 e. The molecular weight excluding hydrogens is 159 g/mol. The van der Waals surface area contributed by atoms with Crippen molar-refractivity contribution in [2.45, 2.75) is 6.04 Å². The van der Waals surface area contributed by atoms with Crippen molar-refractivity contribution in [3.8, 4) is 5.75 Å². The molecule has 1 aromatic rings. The van der Waals surface area contributed by atoms with Crippen molar-refractivity contribution in [3.05, 3.63) is 29.6 Å². The van der Waals surface area contributed by atoms with Crippen LogP contribution < -0.4 is 11.5 Å². The second-order valence-electron chi connectivity index (χ2n) is 2.55. The first kappa shape index (κ1) is 8.96. The molecule has 1 rings (SSSR count). The van der Waals surface area contributed by atoms with Gasteiger partial charge in [0.2, 0.25) is 0 Å². The molecule has 0 saturated heterocycles. The Labute approximate surface area is 69.8 Å². The van der Waals surface area contributed by atoms with Crippen molar-refractivity contribution in [1.29, 1.82) is 0 Å². The smallest absolute Gasteiger partial charge is 0.131 e. The lowest BCUT2D eigenvalue weighted by Gasteiger charge is -2.09. The summed E-state index contributed by atoms with van der Waals surface area (Å²) in [4.78, 5) is 0. The first-order valence-corrected chi connectivity index (χ1v) is 3.59. The zero-order chi connectivity index (χ0) is 9.14. The van der Waals surface area contributed by atoms with Crippen molar-refractivity contribution in [2.75, 3.05) is 6.54 Å². The van der Waals surface area contributed by atoms with Crippen LogP contribution in [-0.2, 0) is 0 Å². The Morgan fingerprint density at radius 2 is 2.17 bits per heavy atom. The molecule has 66 valence electrons. The van der Waals surface area contributed by atoms with E-state index >= 15 is 0 Å². The van der Waals surface area contributed by atoms with E-state index in [-0.39, 0.29) is 12.3 Å². The molecule has 1 unspecified atom stereocenters. The van der Waals surface area contributed by atoms with Crippen LogP contribution in [0, 0.1) is 5.82 Å². The van der Waals surface area contributed by atoms with Gasteiger partial charge in [0.25, 0.3) is 0 Å². The molecule has 0 aliphatic carbocycles. The van der Waals surface area contributed by atoms with Gasteiger partial charge in [0.15, 0.2) is 0 Å². The van der Waals surface area contributed by atoms with Gasteiger partial charge in [0, 0.05) is 24.2 Å². The van der Waals surface area contributed by atoms with Gasteiger partial charge >= 0.3 is 0 Å². The van der Waals surface area contributed by atoms with Gasteiger partial charge in [-0.25, -0.2) is 4.39 Å². The lowest BCUT2D eigenvalue weighted by atomic mass is 10.1. The van der Waals surface area contributed by atoms with E-state index in [2.05, 4.69) is 0 Å². The fraction of sp³-hybridized carbons (Fsp3) is 0.250. The van der Waals surface area contributed by atoms with Crippen LogP contribution in [0.5, 0.6) is 5.75 Å². The molecular formula is C8H11FN2O. The summed E-state index contributed by atoms with van der Waals surface area (Å²) in [5, 5.41) is 8.88. The van der Waals surface area contributed by atoms with E-state index in [9.17, 15) is 4.39 Å². The Morgan fingerprint density at radius 1 is 1.50 bits per heavy atom. The van der Waals surface area contributed by atoms with Crippen LogP contribution in [0.1, 0.15) is 11.6 Å². The van der Waals surface area contributed by atoms with E-state index in [0.717, 1.165) is 6.07 Å². The van der Waals surface area contributed by atoms with Gasteiger partial charge in [-0.3, -0.25) is 0 Å². The number of nitrogens with two attached hydrogens (primary N) is 2. The van der Waals surface area contributed by atoms with E-state index in [1.807, 2.05) is 0 Å². The molecule has 0 heterocycles. The van der Waals surface area contributed by atoms with Crippen LogP contribution in [0.4, 0.5) is 4.39 Å². The summed E-state index contributed by atoms with van der Waals surface area (Å²) in [6.45, 7) is 0.182. The molecule has 0 aliphatic rings. The normalized spacial score (nSPS) is 12.9. The highest BCUT2D eigenvalue weighted by Crippen LogP contribution is 2.18. The van der Waals surface area contributed by atoms with Crippen LogP contribution in [-0.4, -0.2) is 11.7 Å². The van der Waals surface area contributed by atoms with Crippen molar-refractivity contribution in [2.24, 2.45) is 11.5 Å². The minimum atomic E-state index is -0.520. The molecule has 0 fully saturated rings. The number of aromatic hydroxyl groups is 1. The topological polar surface area (TPSA) is 72.3 Å². The SMILES string of the molecule is NCC(N)c1ccc(O)cc1F. The monoisotopic (exact) mass is 170 g/mol.